The minimum absolute atomic E-state index is 0.294. The van der Waals surface area contributed by atoms with E-state index in [1.54, 1.807) is 30.3 Å². The average Bonchev–Trinajstić information content (AvgIpc) is 2.54. The summed E-state index contributed by atoms with van der Waals surface area (Å²) in [7, 11) is -2.27. The maximum Gasteiger partial charge on any atom is 0.192 e. The summed E-state index contributed by atoms with van der Waals surface area (Å²) >= 11 is 0. The molecule has 0 N–H and O–H groups in total. The van der Waals surface area contributed by atoms with Gasteiger partial charge in [0.05, 0.1) is 12.9 Å². The molecular weight excluding hydrogens is 317 g/mol. The van der Waals surface area contributed by atoms with Gasteiger partial charge in [-0.05, 0) is 41.5 Å². The van der Waals surface area contributed by atoms with Crippen molar-refractivity contribution in [2.24, 2.45) is 0 Å². The Morgan fingerprint density at radius 2 is 1.78 bits per heavy atom. The van der Waals surface area contributed by atoms with Gasteiger partial charge in [0.25, 0.3) is 0 Å². The molecule has 2 aromatic carbocycles. The molecule has 0 amide bonds. The van der Waals surface area contributed by atoms with Gasteiger partial charge in [-0.25, -0.2) is 12.8 Å². The molecule has 0 bridgehead atoms. The number of hydrogen-bond acceptors (Lipinski definition) is 4. The third-order valence-corrected chi connectivity index (χ3v) is 4.72. The van der Waals surface area contributed by atoms with E-state index < -0.39 is 15.7 Å². The summed E-state index contributed by atoms with van der Waals surface area (Å²) in [6.07, 6.45) is 1.23. The number of methoxy groups -OCH3 is 1. The van der Waals surface area contributed by atoms with Gasteiger partial charge in [-0.15, -0.1) is 0 Å². The number of hydrogen-bond donors (Lipinski definition) is 0. The van der Waals surface area contributed by atoms with Crippen LogP contribution in [0.5, 0.6) is 5.75 Å². The molecule has 0 radical (unpaired) electrons. The number of ether oxygens (including phenoxy) is 1. The molecule has 0 aliphatic heterocycles. The van der Waals surface area contributed by atoms with Crippen LogP contribution in [-0.2, 0) is 15.6 Å². The summed E-state index contributed by atoms with van der Waals surface area (Å²) in [5.41, 5.74) is 0.993. The van der Waals surface area contributed by atoms with Gasteiger partial charge < -0.3 is 4.74 Å². The second-order valence-electron chi connectivity index (χ2n) is 4.78. The second-order valence-corrected chi connectivity index (χ2v) is 6.74. The number of rotatable bonds is 5. The first-order valence-corrected chi connectivity index (χ1v) is 8.33. The van der Waals surface area contributed by atoms with Gasteiger partial charge in [0.1, 0.15) is 22.5 Å². The molecule has 6 heteroatoms. The minimum atomic E-state index is -3.79. The molecule has 118 valence electrons. The quantitative estimate of drug-likeness (QED) is 0.788. The summed E-state index contributed by atoms with van der Waals surface area (Å²) < 4.78 is 42.6. The maximum absolute atomic E-state index is 12.9. The van der Waals surface area contributed by atoms with E-state index in [1.807, 2.05) is 0 Å². The lowest BCUT2D eigenvalue weighted by atomic mass is 10.2. The van der Waals surface area contributed by atoms with E-state index in [0.717, 1.165) is 0 Å². The van der Waals surface area contributed by atoms with Crippen LogP contribution in [0.4, 0.5) is 4.39 Å². The van der Waals surface area contributed by atoms with Gasteiger partial charge in [0.2, 0.25) is 0 Å². The number of halogens is 1. The van der Waals surface area contributed by atoms with E-state index in [0.29, 0.717) is 16.9 Å². The first-order chi connectivity index (χ1) is 10.9. The Kier molecular flexibility index (Phi) is 5.14. The molecule has 0 saturated heterocycles. The Balaban J connectivity index is 2.28. The number of nitriles is 1. The van der Waals surface area contributed by atoms with E-state index in [1.165, 1.54) is 37.5 Å². The molecule has 4 nitrogen and oxygen atoms in total. The van der Waals surface area contributed by atoms with E-state index in [9.17, 15) is 12.8 Å². The zero-order valence-corrected chi connectivity index (χ0v) is 13.2. The fourth-order valence-corrected chi connectivity index (χ4v) is 3.16. The van der Waals surface area contributed by atoms with Crippen LogP contribution in [0.1, 0.15) is 11.1 Å². The lowest BCUT2D eigenvalue weighted by Crippen LogP contribution is -2.06. The monoisotopic (exact) mass is 331 g/mol. The molecule has 23 heavy (non-hydrogen) atoms. The van der Waals surface area contributed by atoms with Crippen molar-refractivity contribution in [1.82, 2.24) is 0 Å². The lowest BCUT2D eigenvalue weighted by molar-refractivity contribution is 0.414. The van der Waals surface area contributed by atoms with Crippen LogP contribution in [0, 0.1) is 17.1 Å². The topological polar surface area (TPSA) is 67.2 Å². The zero-order valence-electron chi connectivity index (χ0n) is 12.4. The molecule has 0 aliphatic rings. The van der Waals surface area contributed by atoms with Crippen LogP contribution in [0.25, 0.3) is 6.08 Å². The van der Waals surface area contributed by atoms with Gasteiger partial charge >= 0.3 is 0 Å². The highest BCUT2D eigenvalue weighted by Crippen LogP contribution is 2.19. The summed E-state index contributed by atoms with van der Waals surface area (Å²) in [4.78, 5) is -0.361. The van der Waals surface area contributed by atoms with Crippen molar-refractivity contribution in [2.75, 3.05) is 7.11 Å². The normalized spacial score (nSPS) is 11.8. The van der Waals surface area contributed by atoms with Crippen LogP contribution < -0.4 is 4.74 Å². The van der Waals surface area contributed by atoms with Crippen molar-refractivity contribution in [3.05, 3.63) is 70.4 Å². The van der Waals surface area contributed by atoms with Crippen LogP contribution in [0.2, 0.25) is 0 Å². The molecule has 2 rings (SSSR count). The minimum Gasteiger partial charge on any atom is -0.497 e. The van der Waals surface area contributed by atoms with Crippen molar-refractivity contribution in [3.8, 4) is 11.8 Å². The molecule has 0 atom stereocenters. The summed E-state index contributed by atoms with van der Waals surface area (Å²) in [5.74, 6) is -0.104. The molecule has 0 unspecified atom stereocenters. The first kappa shape index (κ1) is 16.7. The van der Waals surface area contributed by atoms with E-state index >= 15 is 0 Å². The Morgan fingerprint density at radius 3 is 2.30 bits per heavy atom. The Labute approximate surface area is 134 Å². The van der Waals surface area contributed by atoms with E-state index in [2.05, 4.69) is 0 Å². The van der Waals surface area contributed by atoms with Gasteiger partial charge in [-0.3, -0.25) is 0 Å². The van der Waals surface area contributed by atoms with Crippen molar-refractivity contribution in [2.45, 2.75) is 5.75 Å². The van der Waals surface area contributed by atoms with Crippen molar-refractivity contribution in [3.63, 3.8) is 0 Å². The molecular formula is C17H14FNO3S. The third-order valence-electron chi connectivity index (χ3n) is 3.13. The molecule has 0 heterocycles. The van der Waals surface area contributed by atoms with Crippen LogP contribution in [0.15, 0.2) is 53.4 Å². The molecule has 0 saturated carbocycles. The fourth-order valence-electron chi connectivity index (χ4n) is 1.92. The van der Waals surface area contributed by atoms with Gasteiger partial charge in [0, 0.05) is 0 Å². The van der Waals surface area contributed by atoms with Crippen LogP contribution in [-0.4, -0.2) is 15.5 Å². The Morgan fingerprint density at radius 1 is 1.17 bits per heavy atom. The largest absolute Gasteiger partial charge is 0.497 e. The first-order valence-electron chi connectivity index (χ1n) is 6.67. The molecule has 0 spiro atoms. The molecule has 2 aromatic rings. The Bertz CT molecular complexity index is 848. The van der Waals surface area contributed by atoms with Crippen LogP contribution >= 0.6 is 0 Å². The maximum atomic E-state index is 12.9. The smallest absolute Gasteiger partial charge is 0.192 e. The summed E-state index contributed by atoms with van der Waals surface area (Å²) in [6, 6.07) is 13.5. The van der Waals surface area contributed by atoms with Gasteiger partial charge in [-0.2, -0.15) is 5.26 Å². The Hall–Kier alpha value is -2.65. The van der Waals surface area contributed by atoms with E-state index in [4.69, 9.17) is 10.00 Å². The molecule has 0 aromatic heterocycles. The van der Waals surface area contributed by atoms with Crippen LogP contribution in [0.3, 0.4) is 0 Å². The summed E-state index contributed by atoms with van der Waals surface area (Å²) in [6.45, 7) is 0. The standard InChI is InChI=1S/C17H14FNO3S/c1-22-16-8-4-14(5-9-16)12-23(20,21)17(11-19)10-13-2-6-15(18)7-3-13/h2-10H,12H2,1H3/b17-10+. The number of allylic oxidation sites excluding steroid dienone is 1. The summed E-state index contributed by atoms with van der Waals surface area (Å²) in [5, 5.41) is 9.15. The lowest BCUT2D eigenvalue weighted by Gasteiger charge is -2.05. The van der Waals surface area contributed by atoms with Gasteiger partial charge in [-0.1, -0.05) is 24.3 Å². The predicted molar refractivity (Wildman–Crippen MR) is 85.6 cm³/mol. The zero-order chi connectivity index (χ0) is 16.9. The average molecular weight is 331 g/mol. The second kappa shape index (κ2) is 7.07. The van der Waals surface area contributed by atoms with Gasteiger partial charge in [0.15, 0.2) is 9.84 Å². The highest BCUT2D eigenvalue weighted by atomic mass is 32.2. The highest BCUT2D eigenvalue weighted by molar-refractivity contribution is 7.95. The fraction of sp³-hybridized carbons (Fsp3) is 0.118. The van der Waals surface area contributed by atoms with Crippen molar-refractivity contribution < 1.29 is 17.5 Å². The number of benzene rings is 2. The molecule has 0 fully saturated rings. The molecule has 0 aliphatic carbocycles. The number of nitrogens with zero attached hydrogens (tertiary/aromatic N) is 1. The van der Waals surface area contributed by atoms with Crippen molar-refractivity contribution >= 4 is 15.9 Å². The SMILES string of the molecule is COc1ccc(CS(=O)(=O)/C(C#N)=C/c2ccc(F)cc2)cc1. The third kappa shape index (κ3) is 4.41. The highest BCUT2D eigenvalue weighted by Gasteiger charge is 2.18. The number of sulfone groups is 1. The van der Waals surface area contributed by atoms with E-state index in [-0.39, 0.29) is 10.7 Å². The predicted octanol–water partition coefficient (Wildman–Crippen LogP) is 3.31. The van der Waals surface area contributed by atoms with Crippen molar-refractivity contribution in [1.29, 1.82) is 5.26 Å².